The molecule has 0 aromatic heterocycles. The molecule has 0 rings (SSSR count). The molecule has 48 heavy (non-hydrogen) atoms. The number of rotatable bonds is 40. The number of nitrogens with one attached hydrogen (secondary N) is 1. The Hall–Kier alpha value is -0.810. The number of ether oxygens (including phenoxy) is 3. The van der Waals surface area contributed by atoms with E-state index in [-0.39, 0.29) is 19.6 Å². The Bertz CT molecular complexity index is 553. The summed E-state index contributed by atoms with van der Waals surface area (Å²) in [6, 6.07) is 0. The van der Waals surface area contributed by atoms with Crippen molar-refractivity contribution in [3.8, 4) is 0 Å². The van der Waals surface area contributed by atoms with Crippen LogP contribution in [0, 0.1) is 0 Å². The van der Waals surface area contributed by atoms with Gasteiger partial charge in [-0.15, -0.1) is 0 Å². The van der Waals surface area contributed by atoms with Gasteiger partial charge in [0.15, 0.2) is 0 Å². The highest BCUT2D eigenvalue weighted by molar-refractivity contribution is 5.67. The predicted octanol–water partition coefficient (Wildman–Crippen LogP) is 14.3. The maximum absolute atomic E-state index is 12.5. The third-order valence-electron chi connectivity index (χ3n) is 9.70. The number of alkyl carbamates (subject to hydrolysis) is 1. The fraction of sp³-hybridized carbons (Fsp3) is 0.977. The molecular formula is C43H89NO4. The van der Waals surface area contributed by atoms with Crippen molar-refractivity contribution in [1.82, 2.24) is 5.32 Å². The average molecular weight is 684 g/mol. The standard InChI is InChI=1S/C42H85NO4.CH4/c1-4-6-8-10-12-14-16-18-20-22-24-26-28-30-32-35-41(47-42(44)43-37-34-38-46-40-39-45-3)36-33-31-29-27-25-23-21-19-17-15-13-11-9-7-5-2;/h41H,4-40H2,1-3H3,(H,43,44);1H4. The minimum absolute atomic E-state index is 0. The van der Waals surface area contributed by atoms with E-state index in [2.05, 4.69) is 19.2 Å². The second-order valence-corrected chi connectivity index (χ2v) is 14.4. The topological polar surface area (TPSA) is 56.8 Å². The summed E-state index contributed by atoms with van der Waals surface area (Å²) in [5, 5.41) is 2.94. The maximum atomic E-state index is 12.5. The number of hydrogen-bond acceptors (Lipinski definition) is 4. The molecular weight excluding hydrogens is 594 g/mol. The zero-order chi connectivity index (χ0) is 34.1. The van der Waals surface area contributed by atoms with Crippen molar-refractivity contribution in [3.63, 3.8) is 0 Å². The normalized spacial score (nSPS) is 11.2. The first-order valence-corrected chi connectivity index (χ1v) is 21.3. The molecule has 1 amide bonds. The van der Waals surface area contributed by atoms with Crippen LogP contribution in [0.1, 0.15) is 233 Å². The third kappa shape index (κ3) is 41.4. The molecule has 0 bridgehead atoms. The minimum Gasteiger partial charge on any atom is -0.446 e. The lowest BCUT2D eigenvalue weighted by atomic mass is 10.0. The van der Waals surface area contributed by atoms with Gasteiger partial charge in [0.2, 0.25) is 0 Å². The highest BCUT2D eigenvalue weighted by Gasteiger charge is 2.14. The van der Waals surface area contributed by atoms with Gasteiger partial charge in [-0.1, -0.05) is 201 Å². The van der Waals surface area contributed by atoms with Crippen LogP contribution in [0.25, 0.3) is 0 Å². The molecule has 5 heteroatoms. The van der Waals surface area contributed by atoms with Gasteiger partial charge in [0.1, 0.15) is 6.10 Å². The second kappa shape index (κ2) is 44.2. The van der Waals surface area contributed by atoms with E-state index in [0.29, 0.717) is 26.4 Å². The van der Waals surface area contributed by atoms with E-state index in [1.54, 1.807) is 7.11 Å². The van der Waals surface area contributed by atoms with Crippen LogP contribution in [0.15, 0.2) is 0 Å². The monoisotopic (exact) mass is 684 g/mol. The lowest BCUT2D eigenvalue weighted by molar-refractivity contribution is 0.0670. The molecule has 0 aromatic rings. The first kappa shape index (κ1) is 49.3. The van der Waals surface area contributed by atoms with Gasteiger partial charge in [0.05, 0.1) is 13.2 Å². The number of carbonyl (C=O) groups is 1. The second-order valence-electron chi connectivity index (χ2n) is 14.4. The fourth-order valence-corrected chi connectivity index (χ4v) is 6.55. The summed E-state index contributed by atoms with van der Waals surface area (Å²) >= 11 is 0. The molecule has 0 aliphatic rings. The molecule has 0 atom stereocenters. The smallest absolute Gasteiger partial charge is 0.407 e. The first-order valence-electron chi connectivity index (χ1n) is 21.3. The molecule has 0 aliphatic heterocycles. The van der Waals surface area contributed by atoms with Crippen LogP contribution >= 0.6 is 0 Å². The summed E-state index contributed by atoms with van der Waals surface area (Å²) in [6.07, 6.45) is 43.9. The largest absolute Gasteiger partial charge is 0.446 e. The van der Waals surface area contributed by atoms with Gasteiger partial charge in [-0.05, 0) is 32.1 Å². The Labute approximate surface area is 302 Å². The molecule has 0 spiro atoms. The van der Waals surface area contributed by atoms with Gasteiger partial charge in [0, 0.05) is 20.3 Å². The Morgan fingerprint density at radius 1 is 0.458 bits per heavy atom. The van der Waals surface area contributed by atoms with Crippen molar-refractivity contribution in [2.24, 2.45) is 0 Å². The Morgan fingerprint density at radius 2 is 0.792 bits per heavy atom. The van der Waals surface area contributed by atoms with E-state index < -0.39 is 0 Å². The van der Waals surface area contributed by atoms with Gasteiger partial charge in [0.25, 0.3) is 0 Å². The van der Waals surface area contributed by atoms with E-state index in [9.17, 15) is 4.79 Å². The van der Waals surface area contributed by atoms with Gasteiger partial charge in [-0.25, -0.2) is 4.79 Å². The van der Waals surface area contributed by atoms with Crippen LogP contribution in [0.2, 0.25) is 0 Å². The maximum Gasteiger partial charge on any atom is 0.407 e. The Kier molecular flexibility index (Phi) is 45.4. The molecule has 0 saturated carbocycles. The van der Waals surface area contributed by atoms with Crippen LogP contribution in [-0.4, -0.2) is 45.7 Å². The average Bonchev–Trinajstić information content (AvgIpc) is 3.07. The Balaban J connectivity index is 0. The molecule has 0 unspecified atom stereocenters. The highest BCUT2D eigenvalue weighted by atomic mass is 16.6. The fourth-order valence-electron chi connectivity index (χ4n) is 6.55. The van der Waals surface area contributed by atoms with Crippen molar-refractivity contribution >= 4 is 6.09 Å². The van der Waals surface area contributed by atoms with Gasteiger partial charge < -0.3 is 19.5 Å². The molecule has 0 fully saturated rings. The lowest BCUT2D eigenvalue weighted by Crippen LogP contribution is -2.30. The minimum atomic E-state index is -0.256. The number of unbranched alkanes of at least 4 members (excludes halogenated alkanes) is 28. The van der Waals surface area contributed by atoms with E-state index in [1.807, 2.05) is 0 Å². The van der Waals surface area contributed by atoms with E-state index in [0.717, 1.165) is 19.3 Å². The summed E-state index contributed by atoms with van der Waals surface area (Å²) in [5.74, 6) is 0. The van der Waals surface area contributed by atoms with Crippen LogP contribution < -0.4 is 5.32 Å². The number of amides is 1. The molecule has 1 N–H and O–H groups in total. The van der Waals surface area contributed by atoms with Gasteiger partial charge >= 0.3 is 6.09 Å². The molecule has 290 valence electrons. The number of carbonyl (C=O) groups excluding carboxylic acids is 1. The quantitative estimate of drug-likeness (QED) is 0.0653. The number of hydrogen-bond donors (Lipinski definition) is 1. The van der Waals surface area contributed by atoms with Gasteiger partial charge in [-0.3, -0.25) is 0 Å². The van der Waals surface area contributed by atoms with Crippen LogP contribution in [0.3, 0.4) is 0 Å². The van der Waals surface area contributed by atoms with Gasteiger partial charge in [-0.2, -0.15) is 0 Å². The number of methoxy groups -OCH3 is 1. The summed E-state index contributed by atoms with van der Waals surface area (Å²) in [5.41, 5.74) is 0. The van der Waals surface area contributed by atoms with Crippen LogP contribution in [-0.2, 0) is 14.2 Å². The zero-order valence-corrected chi connectivity index (χ0v) is 32.4. The van der Waals surface area contributed by atoms with Crippen molar-refractivity contribution in [2.75, 3.05) is 33.5 Å². The van der Waals surface area contributed by atoms with E-state index in [1.165, 1.54) is 193 Å². The summed E-state index contributed by atoms with van der Waals surface area (Å²) in [6.45, 7) is 7.01. The Morgan fingerprint density at radius 3 is 1.12 bits per heavy atom. The predicted molar refractivity (Wildman–Crippen MR) is 211 cm³/mol. The molecule has 0 heterocycles. The lowest BCUT2D eigenvalue weighted by Gasteiger charge is -2.18. The molecule has 0 aromatic carbocycles. The summed E-state index contributed by atoms with van der Waals surface area (Å²) in [7, 11) is 1.68. The molecule has 0 saturated heterocycles. The molecule has 5 nitrogen and oxygen atoms in total. The van der Waals surface area contributed by atoms with Crippen molar-refractivity contribution in [2.45, 2.75) is 239 Å². The zero-order valence-electron chi connectivity index (χ0n) is 32.4. The SMILES string of the molecule is C.CCCCCCCCCCCCCCCCCC(CCCCCCCCCCCCCCCCC)OC(=O)NCCCOCCOC. The molecule has 0 aliphatic carbocycles. The van der Waals surface area contributed by atoms with Crippen LogP contribution in [0.4, 0.5) is 4.79 Å². The van der Waals surface area contributed by atoms with Crippen LogP contribution in [0.5, 0.6) is 0 Å². The van der Waals surface area contributed by atoms with Crippen molar-refractivity contribution < 1.29 is 19.0 Å². The summed E-state index contributed by atoms with van der Waals surface area (Å²) in [4.78, 5) is 12.5. The van der Waals surface area contributed by atoms with E-state index >= 15 is 0 Å². The third-order valence-corrected chi connectivity index (χ3v) is 9.70. The van der Waals surface area contributed by atoms with Crippen molar-refractivity contribution in [3.05, 3.63) is 0 Å². The molecule has 0 radical (unpaired) electrons. The van der Waals surface area contributed by atoms with Crippen molar-refractivity contribution in [1.29, 1.82) is 0 Å². The summed E-state index contributed by atoms with van der Waals surface area (Å²) < 4.78 is 16.4. The first-order chi connectivity index (χ1) is 23.2. The highest BCUT2D eigenvalue weighted by Crippen LogP contribution is 2.19. The van der Waals surface area contributed by atoms with E-state index in [4.69, 9.17) is 14.2 Å².